The molecule has 9 nitrogen and oxygen atoms in total. The Kier molecular flexibility index (Phi) is 9.93. The fourth-order valence-corrected chi connectivity index (χ4v) is 3.72. The Morgan fingerprint density at radius 2 is 1.69 bits per heavy atom. The number of carbonyl (C=O) groups is 3. The minimum atomic E-state index is -5.08. The van der Waals surface area contributed by atoms with Crippen LogP contribution in [0.5, 0.6) is 0 Å². The molecule has 1 aromatic heterocycles. The van der Waals surface area contributed by atoms with Crippen molar-refractivity contribution < 1.29 is 32.7 Å². The summed E-state index contributed by atoms with van der Waals surface area (Å²) in [6.45, 7) is 0. The highest BCUT2D eigenvalue weighted by atomic mass is 19.4. The standard InChI is InChI=1S/C22H25N5O2.C2HF3O2/c23-14-19(27(25)22(29)17-4-2-1-3-5-17)12-15-6-8-16(9-7-15)18-10-11-26-20(13-18)21(24)28;3-2(4,5)1(6)7/h6-11,13,17,19H,1-5,12,25H2,(H2,24,28);(H,6,7)/t19-;/m0./s1. The van der Waals surface area contributed by atoms with Gasteiger partial charge in [0.1, 0.15) is 11.7 Å². The number of carbonyl (C=O) groups excluding carboxylic acids is 2. The van der Waals surface area contributed by atoms with Gasteiger partial charge in [-0.15, -0.1) is 0 Å². The first-order valence-corrected chi connectivity index (χ1v) is 11.1. The summed E-state index contributed by atoms with van der Waals surface area (Å²) in [5, 5.41) is 17.8. The summed E-state index contributed by atoms with van der Waals surface area (Å²) >= 11 is 0. The van der Waals surface area contributed by atoms with Crippen LogP contribution in [0.1, 0.15) is 48.2 Å². The van der Waals surface area contributed by atoms with Gasteiger partial charge in [-0.2, -0.15) is 18.4 Å². The molecule has 1 aliphatic carbocycles. The predicted molar refractivity (Wildman–Crippen MR) is 123 cm³/mol. The van der Waals surface area contributed by atoms with Crippen molar-refractivity contribution in [3.63, 3.8) is 0 Å². The molecule has 1 atom stereocenters. The SMILES string of the molecule is N#C[C@H](Cc1ccc(-c2ccnc(C(N)=O)c2)cc1)N(N)C(=O)C1CCCCC1.O=C(O)C(F)(F)F. The fourth-order valence-electron chi connectivity index (χ4n) is 3.72. The molecule has 2 aromatic rings. The van der Waals surface area contributed by atoms with E-state index in [1.54, 1.807) is 12.1 Å². The predicted octanol–water partition coefficient (Wildman–Crippen LogP) is 3.20. The molecule has 0 aliphatic heterocycles. The lowest BCUT2D eigenvalue weighted by Crippen LogP contribution is -2.49. The molecule has 0 saturated heterocycles. The minimum Gasteiger partial charge on any atom is -0.475 e. The number of aromatic nitrogens is 1. The number of carboxylic acid groups (broad SMARTS) is 1. The average Bonchev–Trinajstić information content (AvgIpc) is 2.87. The Labute approximate surface area is 205 Å². The van der Waals surface area contributed by atoms with E-state index >= 15 is 0 Å². The molecule has 5 N–H and O–H groups in total. The van der Waals surface area contributed by atoms with Crippen LogP contribution in [0.15, 0.2) is 42.6 Å². The second-order valence-corrected chi connectivity index (χ2v) is 8.22. The number of nitrogens with two attached hydrogens (primary N) is 2. The zero-order valence-corrected chi connectivity index (χ0v) is 19.2. The number of carboxylic acids is 1. The number of nitriles is 1. The summed E-state index contributed by atoms with van der Waals surface area (Å²) < 4.78 is 31.7. The third-order valence-electron chi connectivity index (χ3n) is 5.66. The van der Waals surface area contributed by atoms with Crippen LogP contribution in [0.25, 0.3) is 11.1 Å². The van der Waals surface area contributed by atoms with Gasteiger partial charge in [-0.05, 0) is 41.7 Å². The van der Waals surface area contributed by atoms with Gasteiger partial charge < -0.3 is 10.8 Å². The van der Waals surface area contributed by atoms with Crippen LogP contribution in [-0.4, -0.2) is 45.1 Å². The van der Waals surface area contributed by atoms with Crippen LogP contribution in [0.4, 0.5) is 13.2 Å². The van der Waals surface area contributed by atoms with Gasteiger partial charge in [0.15, 0.2) is 0 Å². The number of primary amides is 1. The molecule has 1 fully saturated rings. The summed E-state index contributed by atoms with van der Waals surface area (Å²) in [6, 6.07) is 12.5. The highest BCUT2D eigenvalue weighted by Crippen LogP contribution is 2.26. The van der Waals surface area contributed by atoms with Crippen LogP contribution in [-0.2, 0) is 16.0 Å². The number of rotatable bonds is 6. The quantitative estimate of drug-likeness (QED) is 0.308. The van der Waals surface area contributed by atoms with Gasteiger partial charge in [-0.3, -0.25) is 19.6 Å². The molecular formula is C24H26F3N5O4. The van der Waals surface area contributed by atoms with Gasteiger partial charge in [-0.1, -0.05) is 43.5 Å². The summed E-state index contributed by atoms with van der Waals surface area (Å²) in [5.41, 5.74) is 8.11. The van der Waals surface area contributed by atoms with Crippen molar-refractivity contribution in [1.82, 2.24) is 9.99 Å². The van der Waals surface area contributed by atoms with E-state index in [0.717, 1.165) is 53.8 Å². The van der Waals surface area contributed by atoms with E-state index in [0.29, 0.717) is 6.42 Å². The summed E-state index contributed by atoms with van der Waals surface area (Å²) in [4.78, 5) is 36.8. The summed E-state index contributed by atoms with van der Waals surface area (Å²) in [5.74, 6) is 2.49. The van der Waals surface area contributed by atoms with Gasteiger partial charge in [-0.25, -0.2) is 10.6 Å². The number of hydrogen-bond acceptors (Lipinski definition) is 6. The molecule has 0 unspecified atom stereocenters. The van der Waals surface area contributed by atoms with Crippen molar-refractivity contribution >= 4 is 17.8 Å². The second-order valence-electron chi connectivity index (χ2n) is 8.22. The van der Waals surface area contributed by atoms with Gasteiger partial charge in [0.25, 0.3) is 5.91 Å². The maximum atomic E-state index is 12.6. The number of alkyl halides is 3. The Morgan fingerprint density at radius 1 is 1.11 bits per heavy atom. The van der Waals surface area contributed by atoms with Crippen molar-refractivity contribution in [2.75, 3.05) is 0 Å². The monoisotopic (exact) mass is 505 g/mol. The zero-order chi connectivity index (χ0) is 26.9. The fraction of sp³-hybridized carbons (Fsp3) is 0.375. The highest BCUT2D eigenvalue weighted by molar-refractivity contribution is 5.92. The van der Waals surface area contributed by atoms with Gasteiger partial charge >= 0.3 is 12.1 Å². The molecule has 12 heteroatoms. The van der Waals surface area contributed by atoms with E-state index in [4.69, 9.17) is 21.5 Å². The number of nitrogens with zero attached hydrogens (tertiary/aromatic N) is 3. The second kappa shape index (κ2) is 12.6. The van der Waals surface area contributed by atoms with Crippen molar-refractivity contribution in [3.8, 4) is 17.2 Å². The van der Waals surface area contributed by atoms with Crippen molar-refractivity contribution in [3.05, 3.63) is 53.9 Å². The average molecular weight is 505 g/mol. The zero-order valence-electron chi connectivity index (χ0n) is 19.2. The lowest BCUT2D eigenvalue weighted by atomic mass is 9.88. The van der Waals surface area contributed by atoms with Crippen LogP contribution < -0.4 is 11.6 Å². The third kappa shape index (κ3) is 8.06. The number of hydrazine groups is 1. The van der Waals surface area contributed by atoms with E-state index in [1.165, 1.54) is 6.20 Å². The van der Waals surface area contributed by atoms with E-state index in [9.17, 15) is 28.0 Å². The first-order chi connectivity index (χ1) is 16.9. The Balaban J connectivity index is 0.000000572. The molecule has 2 amide bonds. The molecule has 1 aromatic carbocycles. The molecule has 1 heterocycles. The number of pyridine rings is 1. The Morgan fingerprint density at radius 3 is 2.19 bits per heavy atom. The molecule has 3 rings (SSSR count). The molecule has 1 aliphatic rings. The lowest BCUT2D eigenvalue weighted by molar-refractivity contribution is -0.192. The number of halogens is 3. The topological polar surface area (TPSA) is 163 Å². The molecular weight excluding hydrogens is 479 g/mol. The van der Waals surface area contributed by atoms with Gasteiger partial charge in [0.05, 0.1) is 6.07 Å². The number of benzene rings is 1. The first kappa shape index (κ1) is 28.3. The lowest BCUT2D eigenvalue weighted by Gasteiger charge is -2.28. The van der Waals surface area contributed by atoms with Gasteiger partial charge in [0.2, 0.25) is 5.91 Å². The van der Waals surface area contributed by atoms with Crippen LogP contribution in [0.2, 0.25) is 0 Å². The Bertz CT molecular complexity index is 1110. The number of amides is 2. The van der Waals surface area contributed by atoms with Crippen molar-refractivity contribution in [2.45, 2.75) is 50.7 Å². The van der Waals surface area contributed by atoms with E-state index < -0.39 is 24.1 Å². The van der Waals surface area contributed by atoms with E-state index in [2.05, 4.69) is 11.1 Å². The van der Waals surface area contributed by atoms with E-state index in [-0.39, 0.29) is 17.5 Å². The van der Waals surface area contributed by atoms with E-state index in [1.807, 2.05) is 24.3 Å². The first-order valence-electron chi connectivity index (χ1n) is 11.1. The Hall–Kier alpha value is -3.98. The third-order valence-corrected chi connectivity index (χ3v) is 5.66. The molecule has 0 radical (unpaired) electrons. The van der Waals surface area contributed by atoms with Crippen LogP contribution in [0.3, 0.4) is 0 Å². The van der Waals surface area contributed by atoms with Gasteiger partial charge in [0, 0.05) is 18.5 Å². The largest absolute Gasteiger partial charge is 0.490 e. The molecule has 192 valence electrons. The number of hydrogen-bond donors (Lipinski definition) is 3. The maximum absolute atomic E-state index is 12.6. The minimum absolute atomic E-state index is 0.0712. The molecule has 0 bridgehead atoms. The summed E-state index contributed by atoms with van der Waals surface area (Å²) in [6.07, 6.45) is 1.73. The van der Waals surface area contributed by atoms with Crippen LogP contribution >= 0.6 is 0 Å². The maximum Gasteiger partial charge on any atom is 0.490 e. The van der Waals surface area contributed by atoms with Crippen molar-refractivity contribution in [1.29, 1.82) is 5.26 Å². The highest BCUT2D eigenvalue weighted by Gasteiger charge is 2.38. The van der Waals surface area contributed by atoms with Crippen molar-refractivity contribution in [2.24, 2.45) is 17.5 Å². The normalized spacial score (nSPS) is 14.5. The number of aliphatic carboxylic acids is 1. The van der Waals surface area contributed by atoms with Crippen LogP contribution in [0, 0.1) is 17.2 Å². The molecule has 0 spiro atoms. The summed E-state index contributed by atoms with van der Waals surface area (Å²) in [7, 11) is 0. The molecule has 1 saturated carbocycles. The molecule has 36 heavy (non-hydrogen) atoms. The smallest absolute Gasteiger partial charge is 0.475 e.